The lowest BCUT2D eigenvalue weighted by Gasteiger charge is -2.34. The number of aromatic nitrogens is 3. The molecule has 1 saturated heterocycles. The van der Waals surface area contributed by atoms with Crippen LogP contribution in [0.1, 0.15) is 12.5 Å². The van der Waals surface area contributed by atoms with Crippen molar-refractivity contribution in [2.75, 3.05) is 45.1 Å². The Kier molecular flexibility index (Phi) is 6.45. The summed E-state index contributed by atoms with van der Waals surface area (Å²) in [6, 6.07) is 1.95. The summed E-state index contributed by atoms with van der Waals surface area (Å²) in [6.45, 7) is 6.72. The fourth-order valence-corrected chi connectivity index (χ4v) is 3.29. The van der Waals surface area contributed by atoms with E-state index >= 15 is 0 Å². The number of nitrogens with one attached hydrogen (secondary N) is 1. The summed E-state index contributed by atoms with van der Waals surface area (Å²) in [5.41, 5.74) is -1.19. The van der Waals surface area contributed by atoms with Gasteiger partial charge in [0.05, 0.1) is 17.4 Å². The van der Waals surface area contributed by atoms with Gasteiger partial charge in [0.1, 0.15) is 5.02 Å². The molecular weight excluding hydrogens is 409 g/mol. The molecule has 1 unspecified atom stereocenters. The zero-order valence-electron chi connectivity index (χ0n) is 16.1. The van der Waals surface area contributed by atoms with Crippen LogP contribution in [0.3, 0.4) is 0 Å². The number of alkyl halides is 3. The van der Waals surface area contributed by atoms with Gasteiger partial charge in [0.15, 0.2) is 5.82 Å². The third-order valence-electron chi connectivity index (χ3n) is 4.74. The van der Waals surface area contributed by atoms with Crippen molar-refractivity contribution in [2.45, 2.75) is 19.1 Å². The van der Waals surface area contributed by atoms with Crippen LogP contribution in [0.25, 0.3) is 5.82 Å². The molecule has 0 radical (unpaired) electrons. The van der Waals surface area contributed by atoms with Crippen LogP contribution in [-0.4, -0.2) is 70.4 Å². The Morgan fingerprint density at radius 3 is 2.48 bits per heavy atom. The molecule has 3 rings (SSSR count). The van der Waals surface area contributed by atoms with Gasteiger partial charge in [-0.15, -0.1) is 0 Å². The Bertz CT molecular complexity index is 894. The number of anilines is 1. The second-order valence-electron chi connectivity index (χ2n) is 7.14. The first kappa shape index (κ1) is 21.5. The van der Waals surface area contributed by atoms with Gasteiger partial charge < -0.3 is 10.2 Å². The molecule has 1 atom stereocenters. The second-order valence-corrected chi connectivity index (χ2v) is 7.52. The number of piperazine rings is 1. The zero-order chi connectivity index (χ0) is 21.2. The quantitative estimate of drug-likeness (QED) is 0.785. The predicted molar refractivity (Wildman–Crippen MR) is 105 cm³/mol. The lowest BCUT2D eigenvalue weighted by atomic mass is 10.2. The molecule has 1 aliphatic heterocycles. The highest BCUT2D eigenvalue weighted by atomic mass is 35.5. The first-order chi connectivity index (χ1) is 13.6. The average Bonchev–Trinajstić information content (AvgIpc) is 2.67. The molecule has 1 fully saturated rings. The highest BCUT2D eigenvalue weighted by molar-refractivity contribution is 6.32. The van der Waals surface area contributed by atoms with Gasteiger partial charge in [-0.1, -0.05) is 11.6 Å². The maximum Gasteiger partial charge on any atom is 0.417 e. The van der Waals surface area contributed by atoms with Crippen molar-refractivity contribution in [3.8, 4) is 5.82 Å². The van der Waals surface area contributed by atoms with E-state index in [-0.39, 0.29) is 16.9 Å². The zero-order valence-corrected chi connectivity index (χ0v) is 16.8. The van der Waals surface area contributed by atoms with Crippen LogP contribution in [-0.2, 0) is 6.18 Å². The number of hydrogen-bond acceptors (Lipinski definition) is 6. The Morgan fingerprint density at radius 1 is 1.21 bits per heavy atom. The predicted octanol–water partition coefficient (Wildman–Crippen LogP) is 2.35. The first-order valence-corrected chi connectivity index (χ1v) is 9.52. The van der Waals surface area contributed by atoms with Crippen LogP contribution in [0.4, 0.5) is 18.9 Å². The Labute approximate surface area is 171 Å². The van der Waals surface area contributed by atoms with Crippen molar-refractivity contribution in [2.24, 2.45) is 0 Å². The van der Waals surface area contributed by atoms with Crippen molar-refractivity contribution in [3.63, 3.8) is 0 Å². The van der Waals surface area contributed by atoms with Gasteiger partial charge in [-0.05, 0) is 26.1 Å². The van der Waals surface area contributed by atoms with E-state index in [2.05, 4.69) is 32.2 Å². The van der Waals surface area contributed by atoms with E-state index in [0.29, 0.717) is 11.9 Å². The largest absolute Gasteiger partial charge is 0.417 e. The van der Waals surface area contributed by atoms with Crippen molar-refractivity contribution in [1.29, 1.82) is 0 Å². The van der Waals surface area contributed by atoms with E-state index in [4.69, 9.17) is 11.6 Å². The number of pyridine rings is 1. The minimum Gasteiger partial charge on any atom is -0.379 e. The van der Waals surface area contributed by atoms with E-state index in [1.54, 1.807) is 0 Å². The van der Waals surface area contributed by atoms with Crippen molar-refractivity contribution in [3.05, 3.63) is 45.5 Å². The van der Waals surface area contributed by atoms with Gasteiger partial charge >= 0.3 is 6.18 Å². The van der Waals surface area contributed by atoms with Crippen LogP contribution in [0.2, 0.25) is 5.02 Å². The van der Waals surface area contributed by atoms with E-state index < -0.39 is 17.3 Å². The number of rotatable bonds is 5. The summed E-state index contributed by atoms with van der Waals surface area (Å²) in [5, 5.41) is 7.10. The van der Waals surface area contributed by atoms with Crippen molar-refractivity contribution >= 4 is 17.3 Å². The molecule has 11 heteroatoms. The number of likely N-dealkylation sites (N-methyl/N-ethyl adjacent to an activating group) is 1. The molecule has 0 aromatic carbocycles. The van der Waals surface area contributed by atoms with E-state index in [1.807, 2.05) is 6.92 Å². The minimum absolute atomic E-state index is 0.0251. The van der Waals surface area contributed by atoms with Crippen LogP contribution < -0.4 is 10.9 Å². The molecule has 158 valence electrons. The third-order valence-corrected chi connectivity index (χ3v) is 5.11. The van der Waals surface area contributed by atoms with Gasteiger partial charge in [0.25, 0.3) is 5.56 Å². The average molecular weight is 431 g/mol. The van der Waals surface area contributed by atoms with Gasteiger partial charge in [-0.25, -0.2) is 4.98 Å². The molecule has 7 nitrogen and oxygen atoms in total. The molecule has 0 amide bonds. The topological polar surface area (TPSA) is 66.3 Å². The Morgan fingerprint density at radius 2 is 1.90 bits per heavy atom. The maximum atomic E-state index is 12.7. The van der Waals surface area contributed by atoms with E-state index in [1.165, 1.54) is 6.20 Å². The molecule has 3 heterocycles. The summed E-state index contributed by atoms with van der Waals surface area (Å²) in [7, 11) is 2.09. The SMILES string of the molecule is CC(CN1CCN(C)CC1)Nc1cnn(-c2ccc(C(F)(F)F)cn2)c(=O)c1Cl. The van der Waals surface area contributed by atoms with Gasteiger partial charge in [-0.3, -0.25) is 9.69 Å². The number of nitrogens with zero attached hydrogens (tertiary/aromatic N) is 5. The summed E-state index contributed by atoms with van der Waals surface area (Å²) in [5.74, 6) is -0.0399. The van der Waals surface area contributed by atoms with Crippen LogP contribution in [0, 0.1) is 0 Å². The molecule has 1 N–H and O–H groups in total. The van der Waals surface area contributed by atoms with Crippen molar-refractivity contribution in [1.82, 2.24) is 24.6 Å². The van der Waals surface area contributed by atoms with Gasteiger partial charge in [0.2, 0.25) is 0 Å². The summed E-state index contributed by atoms with van der Waals surface area (Å²) >= 11 is 6.19. The smallest absolute Gasteiger partial charge is 0.379 e. The summed E-state index contributed by atoms with van der Waals surface area (Å²) in [4.78, 5) is 20.8. The van der Waals surface area contributed by atoms with Crippen LogP contribution in [0.15, 0.2) is 29.3 Å². The summed E-state index contributed by atoms with van der Waals surface area (Å²) < 4.78 is 38.9. The van der Waals surface area contributed by atoms with E-state index in [9.17, 15) is 18.0 Å². The highest BCUT2D eigenvalue weighted by Crippen LogP contribution is 2.28. The second kappa shape index (κ2) is 8.68. The Hall–Kier alpha value is -2.17. The molecular formula is C18H22ClF3N6O. The lowest BCUT2D eigenvalue weighted by molar-refractivity contribution is -0.137. The lowest BCUT2D eigenvalue weighted by Crippen LogP contribution is -2.47. The molecule has 0 saturated carbocycles. The maximum absolute atomic E-state index is 12.7. The molecule has 2 aromatic rings. The normalized spacial score (nSPS) is 17.3. The molecule has 29 heavy (non-hydrogen) atoms. The van der Waals surface area contributed by atoms with Crippen LogP contribution in [0.5, 0.6) is 0 Å². The molecule has 2 aromatic heterocycles. The Balaban J connectivity index is 1.71. The first-order valence-electron chi connectivity index (χ1n) is 9.14. The molecule has 1 aliphatic rings. The minimum atomic E-state index is -4.50. The van der Waals surface area contributed by atoms with Gasteiger partial charge in [-0.2, -0.15) is 23.0 Å². The van der Waals surface area contributed by atoms with E-state index in [0.717, 1.165) is 49.5 Å². The number of halogens is 4. The third kappa shape index (κ3) is 5.26. The van der Waals surface area contributed by atoms with Gasteiger partial charge in [0, 0.05) is 45.0 Å². The number of hydrogen-bond donors (Lipinski definition) is 1. The summed E-state index contributed by atoms with van der Waals surface area (Å²) in [6.07, 6.45) is -2.47. The fourth-order valence-electron chi connectivity index (χ4n) is 3.10. The monoisotopic (exact) mass is 430 g/mol. The van der Waals surface area contributed by atoms with Crippen molar-refractivity contribution < 1.29 is 13.2 Å². The fraction of sp³-hybridized carbons (Fsp3) is 0.500. The highest BCUT2D eigenvalue weighted by Gasteiger charge is 2.30. The molecule has 0 bridgehead atoms. The standard InChI is InChI=1S/C18H22ClF3N6O/c1-12(11-27-7-5-26(2)6-8-27)25-14-10-24-28(17(29)16(14)19)15-4-3-13(9-23-15)18(20,21)22/h3-4,9-10,12,25H,5-8,11H2,1-2H3. The van der Waals surface area contributed by atoms with Crippen LogP contribution >= 0.6 is 11.6 Å². The molecule has 0 aliphatic carbocycles. The molecule has 0 spiro atoms.